The molecule has 27 heavy (non-hydrogen) atoms. The van der Waals surface area contributed by atoms with E-state index in [9.17, 15) is 9.18 Å². The summed E-state index contributed by atoms with van der Waals surface area (Å²) in [5.41, 5.74) is 2.74. The van der Waals surface area contributed by atoms with Crippen LogP contribution in [0.15, 0.2) is 59.7 Å². The van der Waals surface area contributed by atoms with E-state index in [-0.39, 0.29) is 11.6 Å². The van der Waals surface area contributed by atoms with Crippen LogP contribution in [0.5, 0.6) is 0 Å². The standard InChI is InChI=1S/C21H21FN4O/c1-14(16-6-8-20-17(11-16)4-3-9-25-20)26-13-24-12-15-5-7-18(19(22)10-15)21(27)23-2/h3-12,14,26H,13H2,1-2H3,(H,23,27). The highest BCUT2D eigenvalue weighted by atomic mass is 19.1. The number of carbonyl (C=O) groups excluding carboxylic acids is 1. The zero-order chi connectivity index (χ0) is 19.2. The monoisotopic (exact) mass is 364 g/mol. The number of aromatic nitrogens is 1. The lowest BCUT2D eigenvalue weighted by atomic mass is 10.1. The number of halogens is 1. The first kappa shape index (κ1) is 18.7. The Hall–Kier alpha value is -3.12. The van der Waals surface area contributed by atoms with Gasteiger partial charge in [0.1, 0.15) is 5.82 Å². The number of nitrogens with one attached hydrogen (secondary N) is 2. The predicted octanol–water partition coefficient (Wildman–Crippen LogP) is 3.46. The van der Waals surface area contributed by atoms with Gasteiger partial charge in [-0.3, -0.25) is 20.1 Å². The minimum absolute atomic E-state index is 0.0205. The Labute approximate surface area is 157 Å². The number of benzene rings is 2. The summed E-state index contributed by atoms with van der Waals surface area (Å²) in [5, 5.41) is 6.81. The fourth-order valence-corrected chi connectivity index (χ4v) is 2.75. The van der Waals surface area contributed by atoms with Gasteiger partial charge in [-0.2, -0.15) is 0 Å². The number of hydrogen-bond donors (Lipinski definition) is 2. The third-order valence-electron chi connectivity index (χ3n) is 4.32. The van der Waals surface area contributed by atoms with Crippen molar-refractivity contribution in [3.8, 4) is 0 Å². The molecule has 0 aliphatic rings. The highest BCUT2D eigenvalue weighted by molar-refractivity contribution is 5.95. The summed E-state index contributed by atoms with van der Waals surface area (Å²) in [6, 6.07) is 14.6. The molecule has 0 radical (unpaired) electrons. The normalized spacial score (nSPS) is 12.4. The van der Waals surface area contributed by atoms with Crippen LogP contribution in [0.25, 0.3) is 10.9 Å². The first-order valence-electron chi connectivity index (χ1n) is 8.68. The molecule has 0 fully saturated rings. The Kier molecular flexibility index (Phi) is 5.88. The summed E-state index contributed by atoms with van der Waals surface area (Å²) in [7, 11) is 1.47. The molecule has 0 saturated carbocycles. The van der Waals surface area contributed by atoms with Crippen molar-refractivity contribution in [1.29, 1.82) is 0 Å². The van der Waals surface area contributed by atoms with Gasteiger partial charge < -0.3 is 5.32 Å². The van der Waals surface area contributed by atoms with Crippen molar-refractivity contribution in [3.05, 3.63) is 77.2 Å². The Morgan fingerprint density at radius 3 is 2.89 bits per heavy atom. The van der Waals surface area contributed by atoms with Gasteiger partial charge in [-0.1, -0.05) is 18.2 Å². The van der Waals surface area contributed by atoms with Gasteiger partial charge in [-0.25, -0.2) is 4.39 Å². The highest BCUT2D eigenvalue weighted by Crippen LogP contribution is 2.18. The molecular formula is C21H21FN4O. The van der Waals surface area contributed by atoms with Gasteiger partial charge in [0.05, 0.1) is 17.7 Å². The van der Waals surface area contributed by atoms with Gasteiger partial charge in [0.2, 0.25) is 0 Å². The van der Waals surface area contributed by atoms with Gasteiger partial charge in [-0.15, -0.1) is 0 Å². The van der Waals surface area contributed by atoms with Gasteiger partial charge in [-0.05, 0) is 48.4 Å². The Balaban J connectivity index is 1.59. The Morgan fingerprint density at radius 1 is 1.26 bits per heavy atom. The maximum absolute atomic E-state index is 13.9. The van der Waals surface area contributed by atoms with E-state index in [4.69, 9.17) is 0 Å². The fraction of sp³-hybridized carbons (Fsp3) is 0.190. The largest absolute Gasteiger partial charge is 0.355 e. The maximum atomic E-state index is 13.9. The summed E-state index contributed by atoms with van der Waals surface area (Å²) in [4.78, 5) is 20.1. The van der Waals surface area contributed by atoms with Crippen molar-refractivity contribution in [2.24, 2.45) is 4.99 Å². The topological polar surface area (TPSA) is 66.4 Å². The molecule has 2 N–H and O–H groups in total. The number of amides is 1. The van der Waals surface area contributed by atoms with Crippen LogP contribution in [0, 0.1) is 5.82 Å². The lowest BCUT2D eigenvalue weighted by Crippen LogP contribution is -2.19. The van der Waals surface area contributed by atoms with E-state index in [0.717, 1.165) is 16.5 Å². The van der Waals surface area contributed by atoms with E-state index in [1.807, 2.05) is 24.3 Å². The second kappa shape index (κ2) is 8.51. The molecule has 1 heterocycles. The molecule has 6 heteroatoms. The van der Waals surface area contributed by atoms with Crippen molar-refractivity contribution in [3.63, 3.8) is 0 Å². The van der Waals surface area contributed by atoms with Crippen LogP contribution in [-0.4, -0.2) is 30.8 Å². The molecule has 2 aromatic carbocycles. The van der Waals surface area contributed by atoms with Crippen LogP contribution >= 0.6 is 0 Å². The van der Waals surface area contributed by atoms with Crippen molar-refractivity contribution in [2.75, 3.05) is 13.7 Å². The molecule has 3 aromatic rings. The summed E-state index contributed by atoms with van der Waals surface area (Å²) in [5.74, 6) is -1.01. The number of rotatable bonds is 6. The summed E-state index contributed by atoms with van der Waals surface area (Å²) in [6.45, 7) is 2.45. The van der Waals surface area contributed by atoms with Crippen LogP contribution in [-0.2, 0) is 0 Å². The zero-order valence-electron chi connectivity index (χ0n) is 15.2. The SMILES string of the molecule is CNC(=O)c1ccc(C=NCNC(C)c2ccc3ncccc3c2)cc1F. The van der Waals surface area contributed by atoms with Crippen molar-refractivity contribution in [2.45, 2.75) is 13.0 Å². The van der Waals surface area contributed by atoms with E-state index in [2.05, 4.69) is 33.6 Å². The lowest BCUT2D eigenvalue weighted by Gasteiger charge is -2.13. The molecule has 0 spiro atoms. The van der Waals surface area contributed by atoms with Crippen LogP contribution in [0.2, 0.25) is 0 Å². The molecule has 1 aromatic heterocycles. The lowest BCUT2D eigenvalue weighted by molar-refractivity contribution is 0.0959. The van der Waals surface area contributed by atoms with E-state index in [1.165, 1.54) is 19.2 Å². The second-order valence-corrected chi connectivity index (χ2v) is 6.17. The molecule has 0 aliphatic heterocycles. The average Bonchev–Trinajstić information content (AvgIpc) is 2.70. The predicted molar refractivity (Wildman–Crippen MR) is 106 cm³/mol. The fourth-order valence-electron chi connectivity index (χ4n) is 2.75. The van der Waals surface area contributed by atoms with Crippen LogP contribution in [0.4, 0.5) is 4.39 Å². The number of hydrogen-bond acceptors (Lipinski definition) is 4. The van der Waals surface area contributed by atoms with Crippen LogP contribution in [0.3, 0.4) is 0 Å². The van der Waals surface area contributed by atoms with E-state index in [0.29, 0.717) is 12.2 Å². The molecule has 1 amide bonds. The zero-order valence-corrected chi connectivity index (χ0v) is 15.2. The minimum atomic E-state index is -0.565. The molecule has 1 unspecified atom stereocenters. The molecular weight excluding hydrogens is 343 g/mol. The van der Waals surface area contributed by atoms with E-state index < -0.39 is 11.7 Å². The van der Waals surface area contributed by atoms with E-state index in [1.54, 1.807) is 18.5 Å². The molecule has 0 aliphatic carbocycles. The van der Waals surface area contributed by atoms with E-state index >= 15 is 0 Å². The minimum Gasteiger partial charge on any atom is -0.355 e. The first-order chi connectivity index (χ1) is 13.1. The van der Waals surface area contributed by atoms with Crippen LogP contribution in [0.1, 0.15) is 34.5 Å². The molecule has 5 nitrogen and oxygen atoms in total. The summed E-state index contributed by atoms with van der Waals surface area (Å²) in [6.07, 6.45) is 3.36. The number of nitrogens with zero attached hydrogens (tertiary/aromatic N) is 2. The van der Waals surface area contributed by atoms with Crippen LogP contribution < -0.4 is 10.6 Å². The third kappa shape index (κ3) is 4.54. The third-order valence-corrected chi connectivity index (χ3v) is 4.32. The van der Waals surface area contributed by atoms with Gasteiger partial charge >= 0.3 is 0 Å². The number of carbonyl (C=O) groups is 1. The second-order valence-electron chi connectivity index (χ2n) is 6.17. The molecule has 138 valence electrons. The quantitative estimate of drug-likeness (QED) is 0.658. The molecule has 0 bridgehead atoms. The van der Waals surface area contributed by atoms with Gasteiger partial charge in [0.15, 0.2) is 0 Å². The number of pyridine rings is 1. The maximum Gasteiger partial charge on any atom is 0.253 e. The Bertz CT molecular complexity index is 987. The van der Waals surface area contributed by atoms with Crippen molar-refractivity contribution in [1.82, 2.24) is 15.6 Å². The van der Waals surface area contributed by atoms with Gasteiger partial charge in [0.25, 0.3) is 5.91 Å². The first-order valence-corrected chi connectivity index (χ1v) is 8.68. The van der Waals surface area contributed by atoms with Gasteiger partial charge in [0, 0.05) is 30.9 Å². The number of fused-ring (bicyclic) bond motifs is 1. The molecule has 3 rings (SSSR count). The number of aliphatic imine (C=N–C) groups is 1. The molecule has 0 saturated heterocycles. The smallest absolute Gasteiger partial charge is 0.253 e. The Morgan fingerprint density at radius 2 is 2.11 bits per heavy atom. The average molecular weight is 364 g/mol. The van der Waals surface area contributed by atoms with Crippen molar-refractivity contribution < 1.29 is 9.18 Å². The highest BCUT2D eigenvalue weighted by Gasteiger charge is 2.09. The molecule has 1 atom stereocenters. The van der Waals surface area contributed by atoms with Crippen molar-refractivity contribution >= 4 is 23.0 Å². The summed E-state index contributed by atoms with van der Waals surface area (Å²) < 4.78 is 13.9. The summed E-state index contributed by atoms with van der Waals surface area (Å²) >= 11 is 0.